The average Bonchev–Trinajstić information content (AvgIpc) is 2.82. The van der Waals surface area contributed by atoms with Gasteiger partial charge in [-0.15, -0.1) is 0 Å². The molecule has 0 spiro atoms. The van der Waals surface area contributed by atoms with E-state index in [-0.39, 0.29) is 23.4 Å². The molecule has 3 aromatic rings. The number of urea groups is 1. The van der Waals surface area contributed by atoms with Crippen molar-refractivity contribution in [2.75, 3.05) is 4.90 Å². The van der Waals surface area contributed by atoms with E-state index in [9.17, 15) is 19.2 Å². The molecule has 1 aliphatic rings. The van der Waals surface area contributed by atoms with Gasteiger partial charge in [0.25, 0.3) is 11.8 Å². The smallest absolute Gasteiger partial charge is 0.335 e. The Bertz CT molecular complexity index is 1360. The number of hydrogen-bond donors (Lipinski definition) is 2. The predicted octanol–water partition coefficient (Wildman–Crippen LogP) is 4.59. The number of amides is 4. The van der Waals surface area contributed by atoms with Crippen molar-refractivity contribution in [2.24, 2.45) is 0 Å². The summed E-state index contributed by atoms with van der Waals surface area (Å²) in [5.74, 6) is -2.51. The van der Waals surface area contributed by atoms with E-state index in [2.05, 4.69) is 5.32 Å². The van der Waals surface area contributed by atoms with E-state index in [1.165, 1.54) is 30.3 Å². The number of benzene rings is 3. The van der Waals surface area contributed by atoms with Crippen molar-refractivity contribution < 1.29 is 29.0 Å². The van der Waals surface area contributed by atoms with Gasteiger partial charge in [0.2, 0.25) is 0 Å². The Kier molecular flexibility index (Phi) is 6.66. The van der Waals surface area contributed by atoms with Crippen molar-refractivity contribution in [3.63, 3.8) is 0 Å². The van der Waals surface area contributed by atoms with Crippen LogP contribution in [0, 0.1) is 6.92 Å². The number of ether oxygens (including phenoxy) is 1. The largest absolute Gasteiger partial charge is 0.488 e. The number of aryl methyl sites for hydroxylation is 1. The maximum atomic E-state index is 13.2. The molecule has 0 atom stereocenters. The van der Waals surface area contributed by atoms with Crippen LogP contribution >= 0.6 is 11.6 Å². The summed E-state index contributed by atoms with van der Waals surface area (Å²) in [5.41, 5.74) is 2.20. The van der Waals surface area contributed by atoms with Gasteiger partial charge in [-0.05, 0) is 61.0 Å². The minimum absolute atomic E-state index is 0.0141. The van der Waals surface area contributed by atoms with Gasteiger partial charge in [-0.3, -0.25) is 14.9 Å². The number of rotatable bonds is 6. The van der Waals surface area contributed by atoms with Crippen molar-refractivity contribution >= 4 is 47.2 Å². The predicted molar refractivity (Wildman–Crippen MR) is 129 cm³/mol. The number of halogens is 1. The molecule has 35 heavy (non-hydrogen) atoms. The van der Waals surface area contributed by atoms with Crippen LogP contribution in [0.2, 0.25) is 5.02 Å². The summed E-state index contributed by atoms with van der Waals surface area (Å²) in [7, 11) is 0. The zero-order valence-corrected chi connectivity index (χ0v) is 19.2. The van der Waals surface area contributed by atoms with E-state index in [1.54, 1.807) is 18.2 Å². The molecule has 176 valence electrons. The first kappa shape index (κ1) is 23.7. The molecule has 0 bridgehead atoms. The first-order valence-electron chi connectivity index (χ1n) is 10.5. The molecule has 1 aliphatic heterocycles. The van der Waals surface area contributed by atoms with E-state index >= 15 is 0 Å². The first-order valence-corrected chi connectivity index (χ1v) is 10.8. The van der Waals surface area contributed by atoms with Crippen molar-refractivity contribution in [2.45, 2.75) is 13.5 Å². The van der Waals surface area contributed by atoms with Gasteiger partial charge < -0.3 is 9.84 Å². The number of nitrogens with one attached hydrogen (secondary N) is 1. The highest BCUT2D eigenvalue weighted by molar-refractivity contribution is 6.39. The number of hydrogen-bond acceptors (Lipinski definition) is 5. The fourth-order valence-electron chi connectivity index (χ4n) is 3.41. The molecule has 0 saturated carbocycles. The highest BCUT2D eigenvalue weighted by Crippen LogP contribution is 2.28. The molecule has 1 heterocycles. The van der Waals surface area contributed by atoms with Gasteiger partial charge in [-0.25, -0.2) is 14.5 Å². The topological polar surface area (TPSA) is 113 Å². The molecule has 0 aliphatic carbocycles. The Morgan fingerprint density at radius 1 is 1.03 bits per heavy atom. The summed E-state index contributed by atoms with van der Waals surface area (Å²) in [6.45, 7) is 2.23. The zero-order chi connectivity index (χ0) is 25.1. The molecular formula is C26H19ClN2O6. The number of carbonyl (C=O) groups excluding carboxylic acids is 3. The number of aromatic carboxylic acids is 1. The van der Waals surface area contributed by atoms with Crippen LogP contribution in [0.4, 0.5) is 10.5 Å². The summed E-state index contributed by atoms with van der Waals surface area (Å²) in [6.07, 6.45) is 1.30. The molecule has 1 saturated heterocycles. The van der Waals surface area contributed by atoms with Gasteiger partial charge in [0.15, 0.2) is 0 Å². The van der Waals surface area contributed by atoms with Crippen molar-refractivity contribution in [3.8, 4) is 5.75 Å². The van der Waals surface area contributed by atoms with Crippen molar-refractivity contribution in [3.05, 3.63) is 99.6 Å². The lowest BCUT2D eigenvalue weighted by molar-refractivity contribution is -0.122. The summed E-state index contributed by atoms with van der Waals surface area (Å²) in [4.78, 5) is 50.0. The van der Waals surface area contributed by atoms with Gasteiger partial charge >= 0.3 is 12.0 Å². The minimum atomic E-state index is -1.15. The maximum Gasteiger partial charge on any atom is 0.335 e. The van der Waals surface area contributed by atoms with Crippen LogP contribution in [0.3, 0.4) is 0 Å². The van der Waals surface area contributed by atoms with E-state index in [0.29, 0.717) is 16.3 Å². The van der Waals surface area contributed by atoms with Crippen LogP contribution < -0.4 is 15.0 Å². The lowest BCUT2D eigenvalue weighted by Crippen LogP contribution is -2.54. The van der Waals surface area contributed by atoms with E-state index in [0.717, 1.165) is 16.0 Å². The number of imide groups is 2. The Morgan fingerprint density at radius 3 is 2.37 bits per heavy atom. The van der Waals surface area contributed by atoms with E-state index in [4.69, 9.17) is 21.4 Å². The Labute approximate surface area is 205 Å². The number of carboxylic acids is 1. The lowest BCUT2D eigenvalue weighted by Gasteiger charge is -2.26. The molecule has 4 rings (SSSR count). The SMILES string of the molecule is Cc1ccc(COc2ccc(Cl)cc2/C=C2\C(=O)NC(=O)N(c3ccc(C(=O)O)cc3)C2=O)cc1. The van der Waals surface area contributed by atoms with Crippen molar-refractivity contribution in [1.82, 2.24) is 5.32 Å². The first-order chi connectivity index (χ1) is 16.7. The summed E-state index contributed by atoms with van der Waals surface area (Å²) >= 11 is 6.15. The molecule has 0 aromatic heterocycles. The van der Waals surface area contributed by atoms with Crippen LogP contribution in [0.15, 0.2) is 72.3 Å². The molecule has 0 radical (unpaired) electrons. The quantitative estimate of drug-likeness (QED) is 0.386. The monoisotopic (exact) mass is 490 g/mol. The Balaban J connectivity index is 1.65. The van der Waals surface area contributed by atoms with Gasteiger partial charge in [0, 0.05) is 10.6 Å². The van der Waals surface area contributed by atoms with Gasteiger partial charge in [0.1, 0.15) is 17.9 Å². The van der Waals surface area contributed by atoms with Crippen LogP contribution in [0.25, 0.3) is 6.08 Å². The van der Waals surface area contributed by atoms with Gasteiger partial charge in [0.05, 0.1) is 11.3 Å². The Morgan fingerprint density at radius 2 is 1.71 bits per heavy atom. The van der Waals surface area contributed by atoms with E-state index in [1.807, 2.05) is 31.2 Å². The number of nitrogens with zero attached hydrogens (tertiary/aromatic N) is 1. The minimum Gasteiger partial charge on any atom is -0.488 e. The number of anilines is 1. The maximum absolute atomic E-state index is 13.2. The van der Waals surface area contributed by atoms with Crippen LogP contribution in [-0.2, 0) is 16.2 Å². The van der Waals surface area contributed by atoms with Crippen LogP contribution in [-0.4, -0.2) is 28.9 Å². The van der Waals surface area contributed by atoms with E-state index < -0.39 is 23.8 Å². The molecular weight excluding hydrogens is 472 g/mol. The zero-order valence-electron chi connectivity index (χ0n) is 18.4. The summed E-state index contributed by atoms with van der Waals surface area (Å²) in [6, 6.07) is 16.8. The molecule has 4 amide bonds. The van der Waals surface area contributed by atoms with Gasteiger partial charge in [-0.2, -0.15) is 0 Å². The third-order valence-electron chi connectivity index (χ3n) is 5.26. The molecule has 1 fully saturated rings. The van der Waals surface area contributed by atoms with Crippen LogP contribution in [0.5, 0.6) is 5.75 Å². The fraction of sp³-hybridized carbons (Fsp3) is 0.0769. The molecule has 8 nitrogen and oxygen atoms in total. The Hall–Kier alpha value is -4.43. The molecule has 0 unspecified atom stereocenters. The average molecular weight is 491 g/mol. The van der Waals surface area contributed by atoms with Crippen LogP contribution in [0.1, 0.15) is 27.0 Å². The highest BCUT2D eigenvalue weighted by atomic mass is 35.5. The lowest BCUT2D eigenvalue weighted by atomic mass is 10.1. The molecule has 3 aromatic carbocycles. The fourth-order valence-corrected chi connectivity index (χ4v) is 3.59. The second-order valence-electron chi connectivity index (χ2n) is 7.77. The second kappa shape index (κ2) is 9.82. The normalized spacial score (nSPS) is 14.7. The third-order valence-corrected chi connectivity index (χ3v) is 5.50. The number of carboxylic acid groups (broad SMARTS) is 1. The van der Waals surface area contributed by atoms with Crippen molar-refractivity contribution in [1.29, 1.82) is 0 Å². The summed E-state index contributed by atoms with van der Waals surface area (Å²) < 4.78 is 5.92. The standard InChI is InChI=1S/C26H19ClN2O6/c1-15-2-4-16(5-3-15)14-35-22-11-8-19(27)12-18(22)13-21-23(30)28-26(34)29(24(21)31)20-9-6-17(7-10-20)25(32)33/h2-13H,14H2,1H3,(H,32,33)(H,28,30,34)/b21-13+. The number of barbiturate groups is 1. The highest BCUT2D eigenvalue weighted by Gasteiger charge is 2.37. The van der Waals surface area contributed by atoms with Gasteiger partial charge in [-0.1, -0.05) is 41.4 Å². The third kappa shape index (κ3) is 5.23. The molecule has 9 heteroatoms. The number of carbonyl (C=O) groups is 4. The second-order valence-corrected chi connectivity index (χ2v) is 8.20. The molecule has 2 N–H and O–H groups in total. The summed E-state index contributed by atoms with van der Waals surface area (Å²) in [5, 5.41) is 11.6.